The van der Waals surface area contributed by atoms with E-state index in [1.165, 1.54) is 10.4 Å². The number of sulfonamides is 1. The minimum atomic E-state index is -3.75. The van der Waals surface area contributed by atoms with Crippen LogP contribution in [-0.4, -0.2) is 54.1 Å². The van der Waals surface area contributed by atoms with Crippen molar-refractivity contribution >= 4 is 39.1 Å². The summed E-state index contributed by atoms with van der Waals surface area (Å²) >= 11 is 5.74. The normalized spacial score (nSPS) is 15.1. The van der Waals surface area contributed by atoms with Gasteiger partial charge in [-0.15, -0.1) is 10.2 Å². The summed E-state index contributed by atoms with van der Waals surface area (Å²) in [6.45, 7) is 3.35. The van der Waals surface area contributed by atoms with Crippen LogP contribution in [0.4, 0.5) is 21.8 Å². The number of nitrogens with one attached hydrogen (secondary N) is 1. The summed E-state index contributed by atoms with van der Waals surface area (Å²) in [4.78, 5) is 6.31. The van der Waals surface area contributed by atoms with Gasteiger partial charge in [0.15, 0.2) is 11.6 Å². The van der Waals surface area contributed by atoms with Crippen molar-refractivity contribution in [2.75, 3.05) is 36.4 Å². The number of pyridine rings is 1. The molecule has 1 aliphatic rings. The van der Waals surface area contributed by atoms with E-state index in [-0.39, 0.29) is 23.0 Å². The number of aromatic nitrogens is 3. The van der Waals surface area contributed by atoms with Gasteiger partial charge < -0.3 is 10.2 Å². The van der Waals surface area contributed by atoms with Crippen molar-refractivity contribution in [2.45, 2.75) is 11.8 Å². The van der Waals surface area contributed by atoms with Crippen LogP contribution in [0.2, 0.25) is 5.02 Å². The van der Waals surface area contributed by atoms with Gasteiger partial charge in [0.25, 0.3) is 0 Å². The van der Waals surface area contributed by atoms with Gasteiger partial charge in [0, 0.05) is 31.9 Å². The zero-order valence-corrected chi connectivity index (χ0v) is 18.2. The molecule has 0 spiro atoms. The van der Waals surface area contributed by atoms with Gasteiger partial charge in [0.05, 0.1) is 9.92 Å². The van der Waals surface area contributed by atoms with Gasteiger partial charge in [-0.05, 0) is 49.4 Å². The van der Waals surface area contributed by atoms with Crippen LogP contribution in [0.1, 0.15) is 5.69 Å². The molecule has 1 saturated heterocycles. The Balaban J connectivity index is 1.39. The molecule has 0 amide bonds. The lowest BCUT2D eigenvalue weighted by Gasteiger charge is -2.34. The third-order valence-electron chi connectivity index (χ3n) is 4.89. The number of rotatable bonds is 5. The summed E-state index contributed by atoms with van der Waals surface area (Å²) in [5, 5.41) is 11.3. The fourth-order valence-corrected chi connectivity index (χ4v) is 4.94. The molecule has 0 bridgehead atoms. The number of nitrogens with zero attached hydrogens (tertiary/aromatic N) is 5. The minimum Gasteiger partial charge on any atom is -0.352 e. The van der Waals surface area contributed by atoms with Crippen LogP contribution >= 0.6 is 11.6 Å². The topological polar surface area (TPSA) is 91.3 Å². The number of benzene rings is 1. The van der Waals surface area contributed by atoms with Crippen molar-refractivity contribution < 1.29 is 12.8 Å². The number of hydrogen-bond acceptors (Lipinski definition) is 7. The zero-order chi connectivity index (χ0) is 22.0. The average molecular weight is 463 g/mol. The Morgan fingerprint density at radius 3 is 2.42 bits per heavy atom. The Bertz CT molecular complexity index is 1180. The maximum absolute atomic E-state index is 13.4. The van der Waals surface area contributed by atoms with Gasteiger partial charge in [-0.2, -0.15) is 4.31 Å². The van der Waals surface area contributed by atoms with E-state index in [0.717, 1.165) is 17.8 Å². The molecule has 1 fully saturated rings. The molecule has 1 aliphatic heterocycles. The number of hydrogen-bond donors (Lipinski definition) is 1. The SMILES string of the molecule is Cc1cccc(Nc2ccc(N3CCN(S(=O)(=O)c4ccc(F)c(Cl)c4)CC3)nn2)n1. The molecule has 0 unspecified atom stereocenters. The second-order valence-electron chi connectivity index (χ2n) is 7.03. The Kier molecular flexibility index (Phi) is 6.03. The first-order chi connectivity index (χ1) is 14.8. The molecule has 2 aromatic heterocycles. The van der Waals surface area contributed by atoms with Gasteiger partial charge in [-0.3, -0.25) is 0 Å². The third kappa shape index (κ3) is 4.76. The molecular formula is C20H20ClFN6O2S. The standard InChI is InChI=1S/C20H20ClFN6O2S/c1-14-3-2-4-18(23-14)24-19-7-8-20(26-25-19)27-9-11-28(12-10-27)31(29,30)15-5-6-17(22)16(21)13-15/h2-8,13H,9-12H2,1H3,(H,23,24,25). The summed E-state index contributed by atoms with van der Waals surface area (Å²) in [6.07, 6.45) is 0. The number of aryl methyl sites for hydroxylation is 1. The Hall–Kier alpha value is -2.82. The van der Waals surface area contributed by atoms with Crippen LogP contribution in [0.3, 0.4) is 0 Å². The van der Waals surface area contributed by atoms with Crippen LogP contribution in [0.5, 0.6) is 0 Å². The zero-order valence-electron chi connectivity index (χ0n) is 16.7. The highest BCUT2D eigenvalue weighted by molar-refractivity contribution is 7.89. The predicted molar refractivity (Wildman–Crippen MR) is 117 cm³/mol. The molecule has 3 heterocycles. The van der Waals surface area contributed by atoms with Gasteiger partial charge in [0.1, 0.15) is 11.6 Å². The Morgan fingerprint density at radius 1 is 1.00 bits per heavy atom. The van der Waals surface area contributed by atoms with Crippen LogP contribution in [0.15, 0.2) is 53.4 Å². The molecule has 0 aliphatic carbocycles. The van der Waals surface area contributed by atoms with Crippen molar-refractivity contribution in [3.05, 3.63) is 65.1 Å². The molecule has 3 aromatic rings. The quantitative estimate of drug-likeness (QED) is 0.622. The lowest BCUT2D eigenvalue weighted by atomic mass is 10.3. The van der Waals surface area contributed by atoms with Gasteiger partial charge in [0.2, 0.25) is 10.0 Å². The molecule has 4 rings (SSSR count). The largest absolute Gasteiger partial charge is 0.352 e. The summed E-state index contributed by atoms with van der Waals surface area (Å²) in [5.41, 5.74) is 0.894. The molecule has 0 atom stereocenters. The summed E-state index contributed by atoms with van der Waals surface area (Å²) < 4.78 is 40.4. The third-order valence-corrected chi connectivity index (χ3v) is 7.07. The molecule has 1 N–H and O–H groups in total. The van der Waals surface area contributed by atoms with Crippen LogP contribution in [0.25, 0.3) is 0 Å². The first kappa shape index (κ1) is 21.4. The second kappa shape index (κ2) is 8.74. The van der Waals surface area contributed by atoms with Crippen LogP contribution in [0, 0.1) is 12.7 Å². The number of halogens is 2. The summed E-state index contributed by atoms with van der Waals surface area (Å²) in [7, 11) is -3.75. The van der Waals surface area contributed by atoms with Crippen molar-refractivity contribution in [1.29, 1.82) is 0 Å². The lowest BCUT2D eigenvalue weighted by molar-refractivity contribution is 0.383. The van der Waals surface area contributed by atoms with E-state index in [9.17, 15) is 12.8 Å². The van der Waals surface area contributed by atoms with E-state index in [4.69, 9.17) is 11.6 Å². The van der Waals surface area contributed by atoms with E-state index >= 15 is 0 Å². The van der Waals surface area contributed by atoms with E-state index < -0.39 is 15.8 Å². The van der Waals surface area contributed by atoms with E-state index in [1.54, 1.807) is 6.07 Å². The molecule has 162 valence electrons. The van der Waals surface area contributed by atoms with Crippen molar-refractivity contribution in [3.63, 3.8) is 0 Å². The fourth-order valence-electron chi connectivity index (χ4n) is 3.25. The maximum atomic E-state index is 13.4. The average Bonchev–Trinajstić information content (AvgIpc) is 2.76. The van der Waals surface area contributed by atoms with E-state index in [2.05, 4.69) is 20.5 Å². The first-order valence-electron chi connectivity index (χ1n) is 9.57. The summed E-state index contributed by atoms with van der Waals surface area (Å²) in [6, 6.07) is 12.7. The highest BCUT2D eigenvalue weighted by Gasteiger charge is 2.29. The number of piperazine rings is 1. The summed E-state index contributed by atoms with van der Waals surface area (Å²) in [5.74, 6) is 1.25. The van der Waals surface area contributed by atoms with Crippen LogP contribution < -0.4 is 10.2 Å². The van der Waals surface area contributed by atoms with Crippen molar-refractivity contribution in [2.24, 2.45) is 0 Å². The maximum Gasteiger partial charge on any atom is 0.243 e. The smallest absolute Gasteiger partial charge is 0.243 e. The van der Waals surface area contributed by atoms with Gasteiger partial charge in [-0.25, -0.2) is 17.8 Å². The van der Waals surface area contributed by atoms with Crippen molar-refractivity contribution in [3.8, 4) is 0 Å². The van der Waals surface area contributed by atoms with E-state index in [0.29, 0.717) is 30.5 Å². The molecular weight excluding hydrogens is 443 g/mol. The van der Waals surface area contributed by atoms with Crippen molar-refractivity contribution in [1.82, 2.24) is 19.5 Å². The molecule has 8 nitrogen and oxygen atoms in total. The van der Waals surface area contributed by atoms with Gasteiger partial charge in [-0.1, -0.05) is 17.7 Å². The molecule has 0 saturated carbocycles. The lowest BCUT2D eigenvalue weighted by Crippen LogP contribution is -2.49. The molecule has 1 aromatic carbocycles. The highest BCUT2D eigenvalue weighted by atomic mass is 35.5. The highest BCUT2D eigenvalue weighted by Crippen LogP contribution is 2.24. The first-order valence-corrected chi connectivity index (χ1v) is 11.4. The molecule has 0 radical (unpaired) electrons. The fraction of sp³-hybridized carbons (Fsp3) is 0.250. The monoisotopic (exact) mass is 462 g/mol. The molecule has 11 heteroatoms. The Morgan fingerprint density at radius 2 is 1.77 bits per heavy atom. The minimum absolute atomic E-state index is 0.0210. The Labute approximate surface area is 184 Å². The second-order valence-corrected chi connectivity index (χ2v) is 9.38. The van der Waals surface area contributed by atoms with Crippen LogP contribution in [-0.2, 0) is 10.0 Å². The van der Waals surface area contributed by atoms with E-state index in [1.807, 2.05) is 36.1 Å². The predicted octanol–water partition coefficient (Wildman–Crippen LogP) is 3.23. The number of anilines is 3. The molecule has 31 heavy (non-hydrogen) atoms. The van der Waals surface area contributed by atoms with Gasteiger partial charge >= 0.3 is 0 Å².